The number of nitrogen functional groups attached to an aromatic ring is 1. The SMILES string of the molecule is Nc1nc(/C(=N/O)C(=O)N[C@@H]2C(=O)N3C(C(=O)O)=C(C[n+]4ccn5ncccc54)CS[C@H]23)cs1. The Morgan fingerprint density at radius 1 is 1.41 bits per heavy atom. The summed E-state index contributed by atoms with van der Waals surface area (Å²) in [6.07, 6.45) is 5.18. The van der Waals surface area contributed by atoms with Gasteiger partial charge in [0.2, 0.25) is 0 Å². The van der Waals surface area contributed by atoms with Crippen molar-refractivity contribution in [2.75, 3.05) is 11.5 Å². The van der Waals surface area contributed by atoms with E-state index in [4.69, 9.17) is 5.73 Å². The Morgan fingerprint density at radius 2 is 2.24 bits per heavy atom. The van der Waals surface area contributed by atoms with E-state index in [0.717, 1.165) is 17.0 Å². The molecule has 2 aliphatic rings. The quantitative estimate of drug-likeness (QED) is 0.111. The van der Waals surface area contributed by atoms with E-state index in [1.807, 2.05) is 10.6 Å². The summed E-state index contributed by atoms with van der Waals surface area (Å²) < 4.78 is 3.51. The maximum Gasteiger partial charge on any atom is 0.352 e. The van der Waals surface area contributed by atoms with Crippen LogP contribution in [0.15, 0.2) is 52.5 Å². The number of carboxylic acids is 1. The summed E-state index contributed by atoms with van der Waals surface area (Å²) in [5.41, 5.74) is 6.48. The molecule has 0 aliphatic carbocycles. The smallest absolute Gasteiger partial charge is 0.352 e. The fourth-order valence-electron chi connectivity index (χ4n) is 3.90. The molecule has 0 unspecified atom stereocenters. The minimum absolute atomic E-state index is 0.0714. The Hall–Kier alpha value is -3.98. The molecule has 3 aromatic rings. The molecule has 3 aromatic heterocycles. The van der Waals surface area contributed by atoms with E-state index >= 15 is 0 Å². The largest absolute Gasteiger partial charge is 0.477 e. The molecule has 0 radical (unpaired) electrons. The van der Waals surface area contributed by atoms with Crippen LogP contribution in [0, 0.1) is 0 Å². The van der Waals surface area contributed by atoms with Crippen LogP contribution >= 0.6 is 23.1 Å². The summed E-state index contributed by atoms with van der Waals surface area (Å²) in [6.45, 7) is 0.261. The molecule has 34 heavy (non-hydrogen) atoms. The fraction of sp³-hybridized carbons (Fsp3) is 0.211. The number of hydrogen-bond acceptors (Lipinski definition) is 10. The van der Waals surface area contributed by atoms with E-state index < -0.39 is 29.2 Å². The first-order valence-corrected chi connectivity index (χ1v) is 11.8. The van der Waals surface area contributed by atoms with Gasteiger partial charge in [0.25, 0.3) is 11.8 Å². The van der Waals surface area contributed by atoms with E-state index in [2.05, 4.69) is 20.6 Å². The van der Waals surface area contributed by atoms with Crippen LogP contribution in [0.1, 0.15) is 5.69 Å². The molecular weight excluding hydrogens is 484 g/mol. The molecule has 0 saturated carbocycles. The number of carbonyl (C=O) groups is 3. The van der Waals surface area contributed by atoms with Gasteiger partial charge in [0, 0.05) is 22.8 Å². The molecule has 2 amide bonds. The Kier molecular flexibility index (Phi) is 5.41. The number of carbonyl (C=O) groups excluding carboxylic acids is 2. The lowest BCUT2D eigenvalue weighted by Gasteiger charge is -2.49. The third kappa shape index (κ3) is 3.54. The molecule has 174 valence electrons. The molecule has 5 N–H and O–H groups in total. The monoisotopic (exact) mass is 501 g/mol. The van der Waals surface area contributed by atoms with E-state index in [9.17, 15) is 24.7 Å². The highest BCUT2D eigenvalue weighted by Gasteiger charge is 2.54. The maximum absolute atomic E-state index is 12.9. The van der Waals surface area contributed by atoms with Crippen LogP contribution in [0.5, 0.6) is 0 Å². The Morgan fingerprint density at radius 3 is 2.94 bits per heavy atom. The van der Waals surface area contributed by atoms with Gasteiger partial charge in [0.15, 0.2) is 17.0 Å². The molecule has 0 bridgehead atoms. The van der Waals surface area contributed by atoms with Crippen molar-refractivity contribution < 1.29 is 29.3 Å². The predicted molar refractivity (Wildman–Crippen MR) is 120 cm³/mol. The lowest BCUT2D eigenvalue weighted by atomic mass is 10.0. The van der Waals surface area contributed by atoms with Crippen molar-refractivity contribution in [3.63, 3.8) is 0 Å². The summed E-state index contributed by atoms with van der Waals surface area (Å²) in [5, 5.41) is 29.9. The summed E-state index contributed by atoms with van der Waals surface area (Å²) in [6, 6.07) is 2.65. The van der Waals surface area contributed by atoms with Crippen LogP contribution < -0.4 is 15.6 Å². The van der Waals surface area contributed by atoms with E-state index in [1.165, 1.54) is 22.0 Å². The van der Waals surface area contributed by atoms with E-state index in [1.54, 1.807) is 29.2 Å². The van der Waals surface area contributed by atoms with Gasteiger partial charge in [-0.25, -0.2) is 14.3 Å². The number of anilines is 1. The predicted octanol–water partition coefficient (Wildman–Crippen LogP) is -0.722. The third-order valence-electron chi connectivity index (χ3n) is 5.42. The highest BCUT2D eigenvalue weighted by atomic mass is 32.2. The van der Waals surface area contributed by atoms with Gasteiger partial charge in [-0.15, -0.1) is 27.6 Å². The van der Waals surface area contributed by atoms with Crippen LogP contribution in [-0.4, -0.2) is 70.5 Å². The number of thiazole rings is 1. The zero-order valence-electron chi connectivity index (χ0n) is 17.2. The van der Waals surface area contributed by atoms with Crippen molar-refractivity contribution >= 4 is 57.4 Å². The number of amides is 2. The van der Waals surface area contributed by atoms with Crippen molar-refractivity contribution in [2.45, 2.75) is 18.0 Å². The first-order chi connectivity index (χ1) is 16.4. The minimum atomic E-state index is -1.23. The molecular formula is C19H17N8O5S2+. The second kappa shape index (κ2) is 8.42. The van der Waals surface area contributed by atoms with E-state index in [-0.39, 0.29) is 28.8 Å². The number of oxime groups is 1. The van der Waals surface area contributed by atoms with Gasteiger partial charge in [0.05, 0.1) is 6.20 Å². The fourth-order valence-corrected chi connectivity index (χ4v) is 5.78. The average molecular weight is 502 g/mol. The van der Waals surface area contributed by atoms with Gasteiger partial charge >= 0.3 is 11.6 Å². The van der Waals surface area contributed by atoms with Crippen molar-refractivity contribution in [1.82, 2.24) is 24.8 Å². The van der Waals surface area contributed by atoms with Crippen LogP contribution in [0.25, 0.3) is 5.65 Å². The number of carboxylic acid groups (broad SMARTS) is 1. The molecule has 15 heteroatoms. The highest BCUT2D eigenvalue weighted by Crippen LogP contribution is 2.40. The van der Waals surface area contributed by atoms with Crippen molar-refractivity contribution in [3.8, 4) is 0 Å². The summed E-state index contributed by atoms with van der Waals surface area (Å²) >= 11 is 2.41. The second-order valence-electron chi connectivity index (χ2n) is 7.39. The number of nitrogens with zero attached hydrogens (tertiary/aromatic N) is 6. The van der Waals surface area contributed by atoms with Crippen molar-refractivity contribution in [1.29, 1.82) is 0 Å². The molecule has 1 saturated heterocycles. The number of thioether (sulfide) groups is 1. The maximum atomic E-state index is 12.9. The first-order valence-electron chi connectivity index (χ1n) is 9.85. The van der Waals surface area contributed by atoms with Gasteiger partial charge in [-0.2, -0.15) is 0 Å². The average Bonchev–Trinajstić information content (AvgIpc) is 3.44. The number of imidazole rings is 1. The highest BCUT2D eigenvalue weighted by molar-refractivity contribution is 8.00. The molecule has 2 atom stereocenters. The Labute approximate surface area is 199 Å². The second-order valence-corrected chi connectivity index (χ2v) is 9.38. The zero-order chi connectivity index (χ0) is 24.0. The van der Waals surface area contributed by atoms with Gasteiger partial charge in [-0.1, -0.05) is 10.3 Å². The van der Waals surface area contributed by atoms with Crippen molar-refractivity contribution in [3.05, 3.63) is 53.1 Å². The van der Waals surface area contributed by atoms with E-state index in [0.29, 0.717) is 11.3 Å². The minimum Gasteiger partial charge on any atom is -0.477 e. The molecule has 0 spiro atoms. The molecule has 5 rings (SSSR count). The van der Waals surface area contributed by atoms with Crippen LogP contribution in [0.2, 0.25) is 0 Å². The molecule has 2 aliphatic heterocycles. The first kappa shape index (κ1) is 21.8. The molecule has 5 heterocycles. The van der Waals surface area contributed by atoms with Gasteiger partial charge < -0.3 is 21.4 Å². The summed E-state index contributed by atoms with van der Waals surface area (Å²) in [7, 11) is 0. The third-order valence-corrected chi connectivity index (χ3v) is 7.43. The number of nitrogens with one attached hydrogen (secondary N) is 1. The molecule has 1 fully saturated rings. The molecule has 0 aromatic carbocycles. The molecule has 13 nitrogen and oxygen atoms in total. The number of aromatic nitrogens is 4. The van der Waals surface area contributed by atoms with Crippen LogP contribution in [0.3, 0.4) is 0 Å². The Bertz CT molecular complexity index is 1400. The number of fused-ring (bicyclic) bond motifs is 2. The number of rotatable bonds is 6. The lowest BCUT2D eigenvalue weighted by Crippen LogP contribution is -2.71. The summed E-state index contributed by atoms with van der Waals surface area (Å²) in [4.78, 5) is 42.7. The van der Waals surface area contributed by atoms with Crippen LogP contribution in [0.4, 0.5) is 5.13 Å². The van der Waals surface area contributed by atoms with Gasteiger partial charge in [0.1, 0.15) is 35.5 Å². The normalized spacial score (nSPS) is 20.3. The van der Waals surface area contributed by atoms with Crippen molar-refractivity contribution in [2.24, 2.45) is 5.16 Å². The number of hydrogen-bond donors (Lipinski definition) is 4. The standard InChI is InChI=1S/C19H16N8O5S2/c20-19-22-10(8-34-19)12(24-32)15(28)23-13-16(29)27-14(18(30)31)9(7-33-17(13)27)6-25-4-5-26-11(25)2-1-3-21-26/h1-5,8,13,17H,6-7H2,(H4-,20,22,23,28,30,31,32)/p+1/t13-,17-/m1/s1. The van der Waals surface area contributed by atoms with Gasteiger partial charge in [-0.05, 0) is 6.07 Å². The number of nitrogens with two attached hydrogens (primary N) is 1. The van der Waals surface area contributed by atoms with Gasteiger partial charge in [-0.3, -0.25) is 14.5 Å². The number of aliphatic carboxylic acids is 1. The number of β-lactam (4-membered cyclic amide) rings is 1. The summed E-state index contributed by atoms with van der Waals surface area (Å²) in [5.74, 6) is -2.27. The lowest BCUT2D eigenvalue weighted by molar-refractivity contribution is -0.662. The topological polar surface area (TPSA) is 179 Å². The zero-order valence-corrected chi connectivity index (χ0v) is 18.9. The van der Waals surface area contributed by atoms with Crippen LogP contribution in [-0.2, 0) is 20.9 Å². The Balaban J connectivity index is 1.37.